The molecule has 11 N–H and O–H groups in total. The van der Waals surface area contributed by atoms with Crippen molar-refractivity contribution in [3.8, 4) is 5.75 Å². The highest BCUT2D eigenvalue weighted by Crippen LogP contribution is 2.22. The number of unbranched alkanes of at least 4 members (excludes halogenated alkanes) is 1. The fourth-order valence-corrected chi connectivity index (χ4v) is 7.20. The highest BCUT2D eigenvalue weighted by Gasteiger charge is 2.30. The number of amides is 4. The number of hydrogen-bond donors (Lipinski definition) is 8. The summed E-state index contributed by atoms with van der Waals surface area (Å²) in [4.78, 5) is 109. The van der Waals surface area contributed by atoms with Gasteiger partial charge in [-0.3, -0.25) is 43.3 Å². The lowest BCUT2D eigenvalue weighted by atomic mass is 9.87. The van der Waals surface area contributed by atoms with Crippen LogP contribution in [0.5, 0.6) is 5.75 Å². The minimum absolute atomic E-state index is 0.0358. The van der Waals surface area contributed by atoms with Crippen LogP contribution in [0.3, 0.4) is 0 Å². The van der Waals surface area contributed by atoms with Gasteiger partial charge < -0.3 is 43.6 Å². The third-order valence-corrected chi connectivity index (χ3v) is 11.4. The molecule has 17 nitrogen and oxygen atoms in total. The molecule has 1 heterocycles. The molecule has 4 amide bonds. The van der Waals surface area contributed by atoms with Crippen LogP contribution in [-0.4, -0.2) is 101 Å². The number of carbonyl (C=O) groups is 8. The fraction of sp³-hybridized carbons (Fsp3) is 0.643. The number of aromatic hydroxyl groups is 1. The number of nitrogens with zero attached hydrogens (tertiary/aromatic N) is 1. The number of benzene rings is 1. The van der Waals surface area contributed by atoms with E-state index in [9.17, 15) is 43.5 Å². The van der Waals surface area contributed by atoms with Gasteiger partial charge in [0.2, 0.25) is 23.6 Å². The van der Waals surface area contributed by atoms with Gasteiger partial charge in [-0.1, -0.05) is 54.8 Å². The van der Waals surface area contributed by atoms with Gasteiger partial charge in [0.15, 0.2) is 11.7 Å². The monoisotopic (exact) mass is 904 g/mol. The number of Topliss-reactive ketones (excluding diaryl/α,β-unsaturated/α-hetero) is 4. The number of carbonyl (C=O) groups excluding carboxylic acids is 8. The van der Waals surface area contributed by atoms with Gasteiger partial charge in [0.25, 0.3) is 0 Å². The second-order valence-electron chi connectivity index (χ2n) is 15.6. The van der Waals surface area contributed by atoms with Gasteiger partial charge in [-0.15, -0.1) is 0 Å². The van der Waals surface area contributed by atoms with Crippen LogP contribution < -0.4 is 38.5 Å². The molecule has 334 valence electrons. The van der Waals surface area contributed by atoms with E-state index < -0.39 is 47.7 Å². The average Bonchev–Trinajstić information content (AvgIpc) is 3.21. The molecular formula is C42H65BrN8O9. The molecule has 0 aliphatic carbocycles. The number of aliphatic imine (C=N–C) groups is 1. The molecule has 6 atom stereocenters. The van der Waals surface area contributed by atoms with Crippen LogP contribution in [-0.2, 0) is 44.8 Å². The molecule has 18 heteroatoms. The number of rotatable bonds is 21. The number of halogens is 1. The minimum Gasteiger partial charge on any atom is -0.508 e. The topological polar surface area (TPSA) is 295 Å². The fourth-order valence-electron chi connectivity index (χ4n) is 7.00. The Balaban J connectivity index is 2.29. The van der Waals surface area contributed by atoms with Gasteiger partial charge in [-0.2, -0.15) is 0 Å². The Morgan fingerprint density at radius 3 is 2.30 bits per heavy atom. The van der Waals surface area contributed by atoms with Crippen LogP contribution in [0.25, 0.3) is 0 Å². The number of alkyl halides is 1. The molecule has 0 saturated carbocycles. The largest absolute Gasteiger partial charge is 0.508 e. The second-order valence-corrected chi connectivity index (χ2v) is 16.1. The van der Waals surface area contributed by atoms with Crippen molar-refractivity contribution in [1.29, 1.82) is 0 Å². The molecule has 2 rings (SSSR count). The Labute approximate surface area is 361 Å². The third-order valence-electron chi connectivity index (χ3n) is 10.9. The quantitative estimate of drug-likeness (QED) is 0.0379. The summed E-state index contributed by atoms with van der Waals surface area (Å²) in [5.74, 6) is -4.42. The number of guanidine groups is 1. The zero-order valence-electron chi connectivity index (χ0n) is 35.0. The maximum Gasteiger partial charge on any atom is 0.240 e. The molecule has 1 aliphatic heterocycles. The van der Waals surface area contributed by atoms with Crippen molar-refractivity contribution in [3.05, 3.63) is 29.8 Å². The normalized spacial score (nSPS) is 19.9. The molecule has 0 unspecified atom stereocenters. The number of primary amides is 1. The molecule has 1 fully saturated rings. The van der Waals surface area contributed by atoms with Crippen LogP contribution in [0.1, 0.15) is 109 Å². The highest BCUT2D eigenvalue weighted by atomic mass is 79.9. The maximum atomic E-state index is 13.9. The predicted octanol–water partition coefficient (Wildman–Crippen LogP) is 1.77. The van der Waals surface area contributed by atoms with E-state index in [0.29, 0.717) is 44.2 Å². The van der Waals surface area contributed by atoms with Gasteiger partial charge >= 0.3 is 0 Å². The van der Waals surface area contributed by atoms with Crippen molar-refractivity contribution in [2.45, 2.75) is 128 Å². The van der Waals surface area contributed by atoms with Gasteiger partial charge in [0, 0.05) is 63.5 Å². The Morgan fingerprint density at radius 2 is 1.65 bits per heavy atom. The smallest absolute Gasteiger partial charge is 0.240 e. The molecule has 0 radical (unpaired) electrons. The zero-order chi connectivity index (χ0) is 44.6. The number of nitrogens with one attached hydrogen (secondary N) is 4. The summed E-state index contributed by atoms with van der Waals surface area (Å²) < 4.78 is 0. The van der Waals surface area contributed by atoms with E-state index in [2.05, 4.69) is 42.2 Å². The SMILES string of the molecule is CC[C@H](C)[C@@H]1NC(=O)CCC(=O)CC[C@@H](C(=O)CC[C@@H](CCCN=C(N)N)C(=O)N[C@@H](Cc2ccc(O)cc2)C(N)=O)NCC(=O)[C@H](CCCCNC(=O)CBr)CCC1=O. The molecule has 60 heavy (non-hydrogen) atoms. The summed E-state index contributed by atoms with van der Waals surface area (Å²) in [6.07, 6.45) is 3.00. The summed E-state index contributed by atoms with van der Waals surface area (Å²) in [7, 11) is 0. The van der Waals surface area contributed by atoms with E-state index in [4.69, 9.17) is 17.2 Å². The molecule has 1 aromatic carbocycles. The molecule has 0 spiro atoms. The van der Waals surface area contributed by atoms with Crippen molar-refractivity contribution in [1.82, 2.24) is 21.3 Å². The summed E-state index contributed by atoms with van der Waals surface area (Å²) in [5.41, 5.74) is 17.2. The van der Waals surface area contributed by atoms with E-state index in [1.165, 1.54) is 12.1 Å². The van der Waals surface area contributed by atoms with Gasteiger partial charge in [0.05, 0.1) is 24.0 Å². The van der Waals surface area contributed by atoms with E-state index in [1.54, 1.807) is 12.1 Å². The van der Waals surface area contributed by atoms with Crippen LogP contribution in [0, 0.1) is 17.8 Å². The van der Waals surface area contributed by atoms with E-state index in [-0.39, 0.29) is 129 Å². The van der Waals surface area contributed by atoms with Crippen LogP contribution in [0.2, 0.25) is 0 Å². The Morgan fingerprint density at radius 1 is 0.933 bits per heavy atom. The van der Waals surface area contributed by atoms with Crippen molar-refractivity contribution >= 4 is 68.7 Å². The first-order chi connectivity index (χ1) is 28.5. The predicted molar refractivity (Wildman–Crippen MR) is 231 cm³/mol. The average molecular weight is 906 g/mol. The van der Waals surface area contributed by atoms with Crippen LogP contribution >= 0.6 is 15.9 Å². The van der Waals surface area contributed by atoms with E-state index in [1.807, 2.05) is 13.8 Å². The van der Waals surface area contributed by atoms with Gasteiger partial charge in [-0.25, -0.2) is 0 Å². The van der Waals surface area contributed by atoms with E-state index >= 15 is 0 Å². The highest BCUT2D eigenvalue weighted by molar-refractivity contribution is 9.09. The Hall–Kier alpha value is -4.71. The van der Waals surface area contributed by atoms with Crippen LogP contribution in [0.4, 0.5) is 0 Å². The lowest BCUT2D eigenvalue weighted by Gasteiger charge is -2.25. The standard InChI is InChI=1S/C42H65BrN8O9/c1-3-26(2)39-35(55)19-11-28(7-4-5-21-47-38(58)24-43)36(56)25-49-32(17-15-31(53)16-20-37(57)51-39)34(54)18-12-29(8-6-22-48-42(45)46)41(60)50-33(40(44)59)23-27-9-13-30(52)14-10-27/h9-10,13-14,26,28-29,32-33,39,49,52H,3-8,11-12,15-25H2,1-2H3,(H2,44,59)(H,47,58)(H,50,60)(H,51,57)(H4,45,46,48)/t26-,28+,29+,32-,33-,39-/m0/s1. The second kappa shape index (κ2) is 27.9. The summed E-state index contributed by atoms with van der Waals surface area (Å²) in [6, 6.07) is 3.35. The first kappa shape index (κ1) is 51.4. The lowest BCUT2D eigenvalue weighted by molar-refractivity contribution is -0.131. The number of phenols is 1. The Kier molecular flexibility index (Phi) is 23.9. The first-order valence-corrected chi connectivity index (χ1v) is 22.0. The number of phenolic OH excluding ortho intramolecular Hbond substituents is 1. The Bertz CT molecular complexity index is 1640. The summed E-state index contributed by atoms with van der Waals surface area (Å²) in [5, 5.41) is 21.2. The third kappa shape index (κ3) is 20.0. The van der Waals surface area contributed by atoms with Gasteiger partial charge in [-0.05, 0) is 68.6 Å². The molecular weight excluding hydrogens is 840 g/mol. The minimum atomic E-state index is -1.08. The van der Waals surface area contributed by atoms with E-state index in [0.717, 1.165) is 0 Å². The number of ketones is 4. The summed E-state index contributed by atoms with van der Waals surface area (Å²) >= 11 is 3.11. The lowest BCUT2D eigenvalue weighted by Crippen LogP contribution is -2.48. The number of nitrogens with two attached hydrogens (primary N) is 3. The van der Waals surface area contributed by atoms with Crippen molar-refractivity contribution in [3.63, 3.8) is 0 Å². The van der Waals surface area contributed by atoms with Crippen LogP contribution in [0.15, 0.2) is 29.3 Å². The van der Waals surface area contributed by atoms with Crippen molar-refractivity contribution in [2.24, 2.45) is 39.9 Å². The number of hydrogen-bond acceptors (Lipinski definition) is 11. The van der Waals surface area contributed by atoms with Crippen molar-refractivity contribution < 1.29 is 43.5 Å². The maximum absolute atomic E-state index is 13.9. The molecule has 0 bridgehead atoms. The van der Waals surface area contributed by atoms with Gasteiger partial charge in [0.1, 0.15) is 29.1 Å². The molecule has 0 aromatic heterocycles. The first-order valence-electron chi connectivity index (χ1n) is 20.9. The van der Waals surface area contributed by atoms with Crippen molar-refractivity contribution in [2.75, 3.05) is 25.0 Å². The summed E-state index contributed by atoms with van der Waals surface area (Å²) in [6.45, 7) is 4.23. The zero-order valence-corrected chi connectivity index (χ0v) is 36.6. The molecule has 1 aliphatic rings. The molecule has 1 saturated heterocycles. The molecule has 1 aromatic rings.